The summed E-state index contributed by atoms with van der Waals surface area (Å²) in [7, 11) is 0. The Labute approximate surface area is 167 Å². The van der Waals surface area contributed by atoms with E-state index in [2.05, 4.69) is 69.3 Å². The molecular formula is C26H38O. The summed E-state index contributed by atoms with van der Waals surface area (Å²) in [4.78, 5) is 0. The van der Waals surface area contributed by atoms with Gasteiger partial charge in [0, 0.05) is 0 Å². The SMILES string of the molecule is CCCCCCOc1ccc(-c2ccc(C(C)CCCCCC)cc2)cc1. The first-order valence-electron chi connectivity index (χ1n) is 11.1. The van der Waals surface area contributed by atoms with Gasteiger partial charge in [0.25, 0.3) is 0 Å². The van der Waals surface area contributed by atoms with Gasteiger partial charge in [0.1, 0.15) is 5.75 Å². The minimum Gasteiger partial charge on any atom is -0.494 e. The van der Waals surface area contributed by atoms with Crippen LogP contribution in [0.3, 0.4) is 0 Å². The van der Waals surface area contributed by atoms with Crippen molar-refractivity contribution in [3.05, 3.63) is 54.1 Å². The van der Waals surface area contributed by atoms with E-state index in [1.807, 2.05) is 0 Å². The topological polar surface area (TPSA) is 9.23 Å². The predicted molar refractivity (Wildman–Crippen MR) is 119 cm³/mol. The van der Waals surface area contributed by atoms with Crippen molar-refractivity contribution in [3.8, 4) is 16.9 Å². The molecule has 1 heteroatoms. The molecule has 1 nitrogen and oxygen atoms in total. The van der Waals surface area contributed by atoms with Crippen LogP contribution in [0.1, 0.15) is 90.0 Å². The van der Waals surface area contributed by atoms with Crippen molar-refractivity contribution in [3.63, 3.8) is 0 Å². The van der Waals surface area contributed by atoms with Crippen molar-refractivity contribution < 1.29 is 4.74 Å². The maximum Gasteiger partial charge on any atom is 0.119 e. The molecule has 0 heterocycles. The number of ether oxygens (including phenoxy) is 1. The molecule has 0 aromatic heterocycles. The molecule has 0 saturated carbocycles. The van der Waals surface area contributed by atoms with E-state index in [9.17, 15) is 0 Å². The summed E-state index contributed by atoms with van der Waals surface area (Å²) in [5, 5.41) is 0. The number of benzene rings is 2. The zero-order valence-electron chi connectivity index (χ0n) is 17.7. The normalized spacial score (nSPS) is 12.1. The summed E-state index contributed by atoms with van der Waals surface area (Å²) >= 11 is 0. The second-order valence-corrected chi connectivity index (χ2v) is 7.81. The minimum absolute atomic E-state index is 0.652. The molecule has 0 spiro atoms. The molecule has 0 bridgehead atoms. The largest absolute Gasteiger partial charge is 0.494 e. The third-order valence-electron chi connectivity index (χ3n) is 5.42. The van der Waals surface area contributed by atoms with Gasteiger partial charge in [-0.05, 0) is 47.6 Å². The summed E-state index contributed by atoms with van der Waals surface area (Å²) in [6.07, 6.45) is 11.7. The smallest absolute Gasteiger partial charge is 0.119 e. The van der Waals surface area contributed by atoms with Gasteiger partial charge in [-0.2, -0.15) is 0 Å². The molecule has 0 N–H and O–H groups in total. The Morgan fingerprint density at radius 2 is 1.22 bits per heavy atom. The molecule has 2 aromatic rings. The number of hydrogen-bond donors (Lipinski definition) is 0. The minimum atomic E-state index is 0.652. The van der Waals surface area contributed by atoms with Gasteiger partial charge in [-0.3, -0.25) is 0 Å². The van der Waals surface area contributed by atoms with Gasteiger partial charge in [-0.15, -0.1) is 0 Å². The Kier molecular flexibility index (Phi) is 10.0. The van der Waals surface area contributed by atoms with Crippen molar-refractivity contribution >= 4 is 0 Å². The van der Waals surface area contributed by atoms with Crippen LogP contribution in [-0.4, -0.2) is 6.61 Å². The fourth-order valence-electron chi connectivity index (χ4n) is 3.51. The van der Waals surface area contributed by atoms with Gasteiger partial charge in [0.2, 0.25) is 0 Å². The van der Waals surface area contributed by atoms with Crippen LogP contribution in [0.4, 0.5) is 0 Å². The van der Waals surface area contributed by atoms with Crippen LogP contribution in [0.15, 0.2) is 48.5 Å². The Balaban J connectivity index is 1.83. The molecular weight excluding hydrogens is 328 g/mol. The van der Waals surface area contributed by atoms with Crippen LogP contribution in [-0.2, 0) is 0 Å². The Hall–Kier alpha value is -1.76. The number of unbranched alkanes of at least 4 members (excludes halogenated alkanes) is 6. The van der Waals surface area contributed by atoms with Crippen molar-refractivity contribution in [2.45, 2.75) is 84.5 Å². The van der Waals surface area contributed by atoms with Gasteiger partial charge in [0.15, 0.2) is 0 Å². The summed E-state index contributed by atoms with van der Waals surface area (Å²) in [6, 6.07) is 17.7. The van der Waals surface area contributed by atoms with Crippen LogP contribution < -0.4 is 4.74 Å². The predicted octanol–water partition coefficient (Wildman–Crippen LogP) is 8.39. The first kappa shape index (κ1) is 21.5. The van der Waals surface area contributed by atoms with Crippen LogP contribution >= 0.6 is 0 Å². The molecule has 1 unspecified atom stereocenters. The third kappa shape index (κ3) is 7.79. The molecule has 0 amide bonds. The van der Waals surface area contributed by atoms with Crippen LogP contribution in [0.5, 0.6) is 5.75 Å². The van der Waals surface area contributed by atoms with Gasteiger partial charge < -0.3 is 4.74 Å². The highest BCUT2D eigenvalue weighted by Gasteiger charge is 2.06. The first-order chi connectivity index (χ1) is 13.2. The zero-order chi connectivity index (χ0) is 19.3. The molecule has 27 heavy (non-hydrogen) atoms. The number of rotatable bonds is 13. The Bertz CT molecular complexity index is 612. The fraction of sp³-hybridized carbons (Fsp3) is 0.538. The lowest BCUT2D eigenvalue weighted by Crippen LogP contribution is -1.97. The quantitative estimate of drug-likeness (QED) is 0.323. The molecule has 0 fully saturated rings. The molecule has 1 atom stereocenters. The average molecular weight is 367 g/mol. The van der Waals surface area contributed by atoms with E-state index in [0.29, 0.717) is 5.92 Å². The zero-order valence-corrected chi connectivity index (χ0v) is 17.7. The fourth-order valence-corrected chi connectivity index (χ4v) is 3.51. The lowest BCUT2D eigenvalue weighted by molar-refractivity contribution is 0.305. The number of hydrogen-bond acceptors (Lipinski definition) is 1. The molecule has 0 radical (unpaired) electrons. The van der Waals surface area contributed by atoms with Crippen molar-refractivity contribution in [1.82, 2.24) is 0 Å². The van der Waals surface area contributed by atoms with Gasteiger partial charge in [0.05, 0.1) is 6.61 Å². The van der Waals surface area contributed by atoms with Crippen LogP contribution in [0.25, 0.3) is 11.1 Å². The van der Waals surface area contributed by atoms with Crippen LogP contribution in [0, 0.1) is 0 Å². The van der Waals surface area contributed by atoms with Crippen LogP contribution in [0.2, 0.25) is 0 Å². The van der Waals surface area contributed by atoms with Gasteiger partial charge in [-0.25, -0.2) is 0 Å². The molecule has 148 valence electrons. The lowest BCUT2D eigenvalue weighted by Gasteiger charge is -2.13. The standard InChI is InChI=1S/C26H38O/c1-4-6-8-10-12-22(3)23-13-15-24(16-14-23)25-17-19-26(20-18-25)27-21-11-9-7-5-2/h13-20,22H,4-12,21H2,1-3H3. The average Bonchev–Trinajstić information content (AvgIpc) is 2.71. The maximum absolute atomic E-state index is 5.85. The summed E-state index contributed by atoms with van der Waals surface area (Å²) < 4.78 is 5.85. The molecule has 2 aromatic carbocycles. The highest BCUT2D eigenvalue weighted by atomic mass is 16.5. The Morgan fingerprint density at radius 3 is 1.81 bits per heavy atom. The molecule has 2 rings (SSSR count). The third-order valence-corrected chi connectivity index (χ3v) is 5.42. The first-order valence-corrected chi connectivity index (χ1v) is 11.1. The van der Waals surface area contributed by atoms with Crippen molar-refractivity contribution in [1.29, 1.82) is 0 Å². The van der Waals surface area contributed by atoms with E-state index in [1.54, 1.807) is 0 Å². The van der Waals surface area contributed by atoms with E-state index in [-0.39, 0.29) is 0 Å². The van der Waals surface area contributed by atoms with E-state index in [0.717, 1.165) is 18.8 Å². The highest BCUT2D eigenvalue weighted by Crippen LogP contribution is 2.27. The lowest BCUT2D eigenvalue weighted by atomic mass is 9.93. The Morgan fingerprint density at radius 1 is 0.667 bits per heavy atom. The van der Waals surface area contributed by atoms with Gasteiger partial charge >= 0.3 is 0 Å². The monoisotopic (exact) mass is 366 g/mol. The summed E-state index contributed by atoms with van der Waals surface area (Å²) in [6.45, 7) is 7.69. The molecule has 0 aliphatic rings. The summed E-state index contributed by atoms with van der Waals surface area (Å²) in [5.41, 5.74) is 4.00. The van der Waals surface area contributed by atoms with E-state index in [4.69, 9.17) is 4.74 Å². The van der Waals surface area contributed by atoms with Gasteiger partial charge in [-0.1, -0.05) is 102 Å². The molecule has 0 aliphatic carbocycles. The molecule has 0 saturated heterocycles. The second-order valence-electron chi connectivity index (χ2n) is 7.81. The van der Waals surface area contributed by atoms with Crippen molar-refractivity contribution in [2.75, 3.05) is 6.61 Å². The maximum atomic E-state index is 5.85. The van der Waals surface area contributed by atoms with E-state index in [1.165, 1.54) is 68.1 Å². The second kappa shape index (κ2) is 12.6. The van der Waals surface area contributed by atoms with E-state index >= 15 is 0 Å². The van der Waals surface area contributed by atoms with Crippen molar-refractivity contribution in [2.24, 2.45) is 0 Å². The highest BCUT2D eigenvalue weighted by molar-refractivity contribution is 5.64. The molecule has 0 aliphatic heterocycles. The van der Waals surface area contributed by atoms with E-state index < -0.39 is 0 Å². The summed E-state index contributed by atoms with van der Waals surface area (Å²) in [5.74, 6) is 1.63.